The second-order valence-corrected chi connectivity index (χ2v) is 8.94. The lowest BCUT2D eigenvalue weighted by Gasteiger charge is -2.42. The van der Waals surface area contributed by atoms with E-state index in [4.69, 9.17) is 9.15 Å². The van der Waals surface area contributed by atoms with Crippen LogP contribution in [-0.4, -0.2) is 35.6 Å². The van der Waals surface area contributed by atoms with Gasteiger partial charge in [-0.2, -0.15) is 0 Å². The lowest BCUT2D eigenvalue weighted by Crippen LogP contribution is -2.49. The number of benzene rings is 1. The quantitative estimate of drug-likeness (QED) is 0.592. The van der Waals surface area contributed by atoms with E-state index in [1.807, 2.05) is 41.5 Å². The summed E-state index contributed by atoms with van der Waals surface area (Å²) in [5.41, 5.74) is 2.97. The normalized spacial score (nSPS) is 19.7. The van der Waals surface area contributed by atoms with Crippen LogP contribution in [0.5, 0.6) is 5.75 Å². The van der Waals surface area contributed by atoms with E-state index in [0.717, 1.165) is 28.6 Å². The van der Waals surface area contributed by atoms with Gasteiger partial charge in [0, 0.05) is 48.3 Å². The van der Waals surface area contributed by atoms with Gasteiger partial charge in [-0.1, -0.05) is 6.07 Å². The number of methoxy groups -OCH3 is 1. The molecule has 1 aromatic carbocycles. The number of piperidine rings is 1. The van der Waals surface area contributed by atoms with Gasteiger partial charge in [-0.3, -0.25) is 9.59 Å². The maximum Gasteiger partial charge on any atom is 0.340 e. The van der Waals surface area contributed by atoms with Crippen LogP contribution in [0.3, 0.4) is 0 Å². The molecule has 3 aromatic rings. The number of fused-ring (bicyclic) bond motifs is 5. The van der Waals surface area contributed by atoms with Crippen LogP contribution < -0.4 is 15.9 Å². The zero-order valence-corrected chi connectivity index (χ0v) is 18.5. The fourth-order valence-corrected chi connectivity index (χ4v) is 5.36. The van der Waals surface area contributed by atoms with Gasteiger partial charge >= 0.3 is 5.63 Å². The summed E-state index contributed by atoms with van der Waals surface area (Å²) in [7, 11) is 1.58. The maximum absolute atomic E-state index is 13.2. The first-order chi connectivity index (χ1) is 15.4. The molecule has 2 aromatic heterocycles. The van der Waals surface area contributed by atoms with Gasteiger partial charge in [-0.25, -0.2) is 4.79 Å². The number of nitrogens with zero attached hydrogens (tertiary/aromatic N) is 2. The Morgan fingerprint density at radius 2 is 1.91 bits per heavy atom. The highest BCUT2D eigenvalue weighted by molar-refractivity contribution is 5.87. The number of hydrogen-bond donors (Lipinski definition) is 0. The van der Waals surface area contributed by atoms with E-state index < -0.39 is 5.63 Å². The van der Waals surface area contributed by atoms with Gasteiger partial charge in [0.25, 0.3) is 5.56 Å². The first kappa shape index (κ1) is 20.5. The first-order valence-electron chi connectivity index (χ1n) is 10.9. The Hall–Kier alpha value is -3.35. The molecular weight excluding hydrogens is 408 g/mol. The molecule has 0 saturated carbocycles. The van der Waals surface area contributed by atoms with Gasteiger partial charge in [-0.15, -0.1) is 0 Å². The number of aryl methyl sites for hydroxylation is 2. The summed E-state index contributed by atoms with van der Waals surface area (Å²) < 4.78 is 12.8. The average molecular weight is 434 g/mol. The van der Waals surface area contributed by atoms with Gasteiger partial charge in [0.2, 0.25) is 5.91 Å². The van der Waals surface area contributed by atoms with Crippen LogP contribution in [0.2, 0.25) is 0 Å². The number of carbonyl (C=O) groups is 1. The second kappa shape index (κ2) is 7.65. The third kappa shape index (κ3) is 3.23. The minimum absolute atomic E-state index is 0.0101. The standard InChI is InChI=1S/C25H26N2O5/c1-14-18-7-8-21(31-3)15(2)24(18)32-25(30)19(14)10-23(29)26-11-16-9-17(13-26)20-5-4-6-22(28)27(20)12-16/h4-8,16-17H,9-13H2,1-3H3/t16-,17+/m0/s1. The van der Waals surface area contributed by atoms with Crippen molar-refractivity contribution >= 4 is 16.9 Å². The van der Waals surface area contributed by atoms with Crippen molar-refractivity contribution in [2.24, 2.45) is 5.92 Å². The second-order valence-electron chi connectivity index (χ2n) is 8.94. The summed E-state index contributed by atoms with van der Waals surface area (Å²) in [6.07, 6.45) is 0.988. The van der Waals surface area contributed by atoms with E-state index in [2.05, 4.69) is 0 Å². The summed E-state index contributed by atoms with van der Waals surface area (Å²) in [5.74, 6) is 0.966. The Labute approximate surface area is 185 Å². The molecule has 2 aliphatic heterocycles. The summed E-state index contributed by atoms with van der Waals surface area (Å²) in [6.45, 7) is 5.51. The summed E-state index contributed by atoms with van der Waals surface area (Å²) in [5, 5.41) is 0.814. The molecule has 4 heterocycles. The Balaban J connectivity index is 1.44. The molecule has 32 heavy (non-hydrogen) atoms. The fraction of sp³-hybridized carbons (Fsp3) is 0.400. The highest BCUT2D eigenvalue weighted by atomic mass is 16.5. The topological polar surface area (TPSA) is 81.8 Å². The average Bonchev–Trinajstić information content (AvgIpc) is 2.78. The minimum atomic E-state index is -0.478. The Bertz CT molecular complexity index is 1350. The van der Waals surface area contributed by atoms with Crippen LogP contribution >= 0.6 is 0 Å². The van der Waals surface area contributed by atoms with Crippen LogP contribution in [0.15, 0.2) is 44.3 Å². The molecule has 1 fully saturated rings. The zero-order valence-electron chi connectivity index (χ0n) is 18.5. The smallest absolute Gasteiger partial charge is 0.340 e. The summed E-state index contributed by atoms with van der Waals surface area (Å²) in [4.78, 5) is 40.1. The molecule has 5 rings (SSSR count). The Kier molecular flexibility index (Phi) is 4.92. The van der Waals surface area contributed by atoms with Crippen LogP contribution in [0.1, 0.15) is 34.7 Å². The number of pyridine rings is 1. The molecule has 0 aliphatic carbocycles. The predicted octanol–water partition coefficient (Wildman–Crippen LogP) is 2.77. The monoisotopic (exact) mass is 434 g/mol. The molecule has 2 bridgehead atoms. The number of likely N-dealkylation sites (tertiary alicyclic amines) is 1. The van der Waals surface area contributed by atoms with Crippen molar-refractivity contribution in [1.29, 1.82) is 0 Å². The lowest BCUT2D eigenvalue weighted by atomic mass is 9.83. The number of amides is 1. The van der Waals surface area contributed by atoms with Crippen molar-refractivity contribution in [3.63, 3.8) is 0 Å². The van der Waals surface area contributed by atoms with E-state index in [1.165, 1.54) is 0 Å². The zero-order chi connectivity index (χ0) is 22.6. The van der Waals surface area contributed by atoms with Crippen molar-refractivity contribution in [2.45, 2.75) is 39.2 Å². The van der Waals surface area contributed by atoms with Gasteiger partial charge in [0.1, 0.15) is 11.3 Å². The molecule has 7 nitrogen and oxygen atoms in total. The van der Waals surface area contributed by atoms with Gasteiger partial charge in [0.05, 0.1) is 19.1 Å². The Morgan fingerprint density at radius 3 is 2.69 bits per heavy atom. The van der Waals surface area contributed by atoms with Crippen molar-refractivity contribution < 1.29 is 13.9 Å². The number of rotatable bonds is 3. The van der Waals surface area contributed by atoms with E-state index in [-0.39, 0.29) is 29.7 Å². The highest BCUT2D eigenvalue weighted by Crippen LogP contribution is 2.35. The van der Waals surface area contributed by atoms with E-state index in [9.17, 15) is 14.4 Å². The highest BCUT2D eigenvalue weighted by Gasteiger charge is 2.36. The fourth-order valence-electron chi connectivity index (χ4n) is 5.36. The van der Waals surface area contributed by atoms with Crippen molar-refractivity contribution in [1.82, 2.24) is 9.47 Å². The molecule has 1 saturated heterocycles. The molecule has 0 spiro atoms. The van der Waals surface area contributed by atoms with E-state index in [1.54, 1.807) is 19.2 Å². The molecule has 0 unspecified atom stereocenters. The molecular formula is C25H26N2O5. The number of aromatic nitrogens is 1. The number of hydrogen-bond acceptors (Lipinski definition) is 5. The summed E-state index contributed by atoms with van der Waals surface area (Å²) in [6, 6.07) is 9.08. The Morgan fingerprint density at radius 1 is 1.09 bits per heavy atom. The van der Waals surface area contributed by atoms with E-state index >= 15 is 0 Å². The van der Waals surface area contributed by atoms with Gasteiger partial charge < -0.3 is 18.6 Å². The largest absolute Gasteiger partial charge is 0.496 e. The third-order valence-corrected chi connectivity index (χ3v) is 7.03. The molecule has 2 atom stereocenters. The molecule has 166 valence electrons. The predicted molar refractivity (Wildman–Crippen MR) is 120 cm³/mol. The maximum atomic E-state index is 13.2. The van der Waals surface area contributed by atoms with Crippen molar-refractivity contribution in [2.75, 3.05) is 20.2 Å². The molecule has 1 amide bonds. The number of carbonyl (C=O) groups excluding carboxylic acids is 1. The number of ether oxygens (including phenoxy) is 1. The van der Waals surface area contributed by atoms with Crippen LogP contribution in [0, 0.1) is 19.8 Å². The van der Waals surface area contributed by atoms with Crippen LogP contribution in [-0.2, 0) is 17.8 Å². The van der Waals surface area contributed by atoms with Gasteiger partial charge in [-0.05, 0) is 49.9 Å². The van der Waals surface area contributed by atoms with Crippen molar-refractivity contribution in [3.8, 4) is 5.75 Å². The van der Waals surface area contributed by atoms with Crippen LogP contribution in [0.25, 0.3) is 11.0 Å². The molecule has 7 heteroatoms. The van der Waals surface area contributed by atoms with Gasteiger partial charge in [0.15, 0.2) is 0 Å². The lowest BCUT2D eigenvalue weighted by molar-refractivity contribution is -0.133. The first-order valence-corrected chi connectivity index (χ1v) is 10.9. The van der Waals surface area contributed by atoms with E-state index in [0.29, 0.717) is 36.5 Å². The molecule has 0 N–H and O–H groups in total. The third-order valence-electron chi connectivity index (χ3n) is 7.03. The minimum Gasteiger partial charge on any atom is -0.496 e. The summed E-state index contributed by atoms with van der Waals surface area (Å²) >= 11 is 0. The molecule has 2 aliphatic rings. The molecule has 0 radical (unpaired) electrons. The van der Waals surface area contributed by atoms with Crippen LogP contribution in [0.4, 0.5) is 0 Å². The van der Waals surface area contributed by atoms with Crippen molar-refractivity contribution in [3.05, 3.63) is 73.5 Å². The SMILES string of the molecule is COc1ccc2c(C)c(CC(=O)N3C[C@@H]4C[C@H](C3)c3cccc(=O)n3C4)c(=O)oc2c1C.